The van der Waals surface area contributed by atoms with Crippen molar-refractivity contribution in [1.29, 1.82) is 0 Å². The summed E-state index contributed by atoms with van der Waals surface area (Å²) in [5.41, 5.74) is -0.723. The Hall–Kier alpha value is -1.94. The molecule has 24 heavy (non-hydrogen) atoms. The van der Waals surface area contributed by atoms with Gasteiger partial charge in [0.1, 0.15) is 6.10 Å². The molecule has 3 atom stereocenters. The molecule has 0 saturated heterocycles. The van der Waals surface area contributed by atoms with Crippen LogP contribution < -0.4 is 11.2 Å². The molecule has 9 nitrogen and oxygen atoms in total. The van der Waals surface area contributed by atoms with E-state index in [0.717, 1.165) is 6.26 Å². The molecule has 1 saturated carbocycles. The molecule has 10 heteroatoms. The van der Waals surface area contributed by atoms with Gasteiger partial charge in [0.15, 0.2) is 0 Å². The molecule has 0 unspecified atom stereocenters. The van der Waals surface area contributed by atoms with Gasteiger partial charge in [0, 0.05) is 18.7 Å². The van der Waals surface area contributed by atoms with Crippen molar-refractivity contribution in [1.82, 2.24) is 9.55 Å². The second kappa shape index (κ2) is 6.89. The van der Waals surface area contributed by atoms with Crippen molar-refractivity contribution >= 4 is 16.1 Å². The maximum absolute atomic E-state index is 12.1. The predicted molar refractivity (Wildman–Crippen MR) is 84.2 cm³/mol. The number of nitrogens with one attached hydrogen (secondary N) is 1. The molecule has 0 bridgehead atoms. The number of aromatic amines is 1. The minimum absolute atomic E-state index is 0.0514. The standard InChI is InChI=1S/C14H20N2O7S/c1-8-6-16(14(19)15-13(8)18)11-4-10(7-22-24(3,20)21)5-12(11)23-9(2)17/h6,10-12H,4-5,7H2,1-3H3,(H,15,18,19)/t10-,11+,12+/m0/s1. The van der Waals surface area contributed by atoms with Gasteiger partial charge in [-0.25, -0.2) is 4.79 Å². The Morgan fingerprint density at radius 1 is 1.38 bits per heavy atom. The largest absolute Gasteiger partial charge is 0.460 e. The summed E-state index contributed by atoms with van der Waals surface area (Å²) in [6.07, 6.45) is 2.53. The van der Waals surface area contributed by atoms with E-state index in [-0.39, 0.29) is 12.5 Å². The van der Waals surface area contributed by atoms with Crippen molar-refractivity contribution < 1.29 is 22.1 Å². The first-order valence-corrected chi connectivity index (χ1v) is 9.22. The van der Waals surface area contributed by atoms with Crippen molar-refractivity contribution in [2.75, 3.05) is 12.9 Å². The highest BCUT2D eigenvalue weighted by atomic mass is 32.2. The van der Waals surface area contributed by atoms with Crippen molar-refractivity contribution in [3.05, 3.63) is 32.6 Å². The number of carbonyl (C=O) groups excluding carboxylic acids is 1. The first kappa shape index (κ1) is 18.4. The first-order chi connectivity index (χ1) is 11.1. The van der Waals surface area contributed by atoms with E-state index in [1.807, 2.05) is 0 Å². The fourth-order valence-corrected chi connectivity index (χ4v) is 3.34. The van der Waals surface area contributed by atoms with Gasteiger partial charge in [-0.3, -0.25) is 23.3 Å². The van der Waals surface area contributed by atoms with E-state index in [4.69, 9.17) is 8.92 Å². The molecule has 0 aliphatic heterocycles. The quantitative estimate of drug-likeness (QED) is 0.565. The topological polar surface area (TPSA) is 125 Å². The molecule has 1 N–H and O–H groups in total. The SMILES string of the molecule is CC(=O)O[C@@H]1C[C@@H](COS(C)(=O)=O)C[C@H]1n1cc(C)c(=O)[nH]c1=O. The maximum Gasteiger partial charge on any atom is 0.328 e. The van der Waals surface area contributed by atoms with Gasteiger partial charge < -0.3 is 4.74 Å². The highest BCUT2D eigenvalue weighted by Gasteiger charge is 2.38. The lowest BCUT2D eigenvalue weighted by atomic mass is 10.1. The molecular formula is C14H20N2O7S. The number of ether oxygens (including phenoxy) is 1. The molecule has 0 spiro atoms. The van der Waals surface area contributed by atoms with Gasteiger partial charge in [-0.05, 0) is 25.7 Å². The van der Waals surface area contributed by atoms with Gasteiger partial charge in [0.05, 0.1) is 18.9 Å². The first-order valence-electron chi connectivity index (χ1n) is 7.40. The second-order valence-corrected chi connectivity index (χ2v) is 7.66. The summed E-state index contributed by atoms with van der Waals surface area (Å²) in [7, 11) is -3.58. The average Bonchev–Trinajstić information content (AvgIpc) is 2.82. The number of aromatic nitrogens is 2. The van der Waals surface area contributed by atoms with Crippen molar-refractivity contribution in [2.24, 2.45) is 5.92 Å². The molecule has 1 aromatic heterocycles. The monoisotopic (exact) mass is 360 g/mol. The molecule has 134 valence electrons. The van der Waals surface area contributed by atoms with Crippen molar-refractivity contribution in [3.8, 4) is 0 Å². The van der Waals surface area contributed by atoms with E-state index < -0.39 is 39.5 Å². The molecule has 1 aliphatic carbocycles. The third-order valence-corrected chi connectivity index (χ3v) is 4.47. The number of nitrogens with zero attached hydrogens (tertiary/aromatic N) is 1. The van der Waals surface area contributed by atoms with Crippen LogP contribution in [0.1, 0.15) is 31.4 Å². The maximum atomic E-state index is 12.1. The summed E-state index contributed by atoms with van der Waals surface area (Å²) in [4.78, 5) is 37.1. The van der Waals surface area contributed by atoms with E-state index in [9.17, 15) is 22.8 Å². The molecule has 1 aliphatic rings. The van der Waals surface area contributed by atoms with Crippen LogP contribution in [0.3, 0.4) is 0 Å². The molecule has 1 heterocycles. The third kappa shape index (κ3) is 4.54. The normalized spacial score (nSPS) is 24.0. The molecule has 2 rings (SSSR count). The molecular weight excluding hydrogens is 340 g/mol. The summed E-state index contributed by atoms with van der Waals surface area (Å²) < 4.78 is 33.7. The van der Waals surface area contributed by atoms with Crippen molar-refractivity contribution in [2.45, 2.75) is 38.8 Å². The highest BCUT2D eigenvalue weighted by molar-refractivity contribution is 7.85. The van der Waals surface area contributed by atoms with Crippen LogP contribution in [0.4, 0.5) is 0 Å². The van der Waals surface area contributed by atoms with Crippen molar-refractivity contribution in [3.63, 3.8) is 0 Å². The Morgan fingerprint density at radius 3 is 2.62 bits per heavy atom. The molecule has 1 aromatic rings. The van der Waals surface area contributed by atoms with E-state index in [1.165, 1.54) is 17.7 Å². The van der Waals surface area contributed by atoms with Crippen LogP contribution in [0.2, 0.25) is 0 Å². The van der Waals surface area contributed by atoms with Gasteiger partial charge in [-0.1, -0.05) is 0 Å². The lowest BCUT2D eigenvalue weighted by Crippen LogP contribution is -2.36. The minimum Gasteiger partial charge on any atom is -0.460 e. The molecule has 0 amide bonds. The lowest BCUT2D eigenvalue weighted by Gasteiger charge is -2.21. The lowest BCUT2D eigenvalue weighted by molar-refractivity contribution is -0.147. The molecule has 1 fully saturated rings. The van der Waals surface area contributed by atoms with E-state index in [1.54, 1.807) is 6.92 Å². The number of aryl methyl sites for hydroxylation is 1. The number of rotatable bonds is 5. The number of esters is 1. The highest BCUT2D eigenvalue weighted by Crippen LogP contribution is 2.36. The van der Waals surface area contributed by atoms with Gasteiger partial charge in [-0.2, -0.15) is 8.42 Å². The fraction of sp³-hybridized carbons (Fsp3) is 0.643. The zero-order valence-corrected chi connectivity index (χ0v) is 14.5. The third-order valence-electron chi connectivity index (χ3n) is 3.91. The summed E-state index contributed by atoms with van der Waals surface area (Å²) in [6.45, 7) is 2.78. The van der Waals surface area contributed by atoms with Gasteiger partial charge in [0.2, 0.25) is 0 Å². The Morgan fingerprint density at radius 2 is 2.04 bits per heavy atom. The van der Waals surface area contributed by atoms with Crippen LogP contribution in [0.15, 0.2) is 15.8 Å². The average molecular weight is 360 g/mol. The van der Waals surface area contributed by atoms with Crippen LogP contribution in [-0.4, -0.2) is 42.9 Å². The number of hydrogen-bond acceptors (Lipinski definition) is 7. The minimum atomic E-state index is -3.58. The molecule has 0 aromatic carbocycles. The van der Waals surface area contributed by atoms with Gasteiger partial charge in [-0.15, -0.1) is 0 Å². The fourth-order valence-electron chi connectivity index (χ4n) is 2.90. The Kier molecular flexibility index (Phi) is 5.29. The zero-order chi connectivity index (χ0) is 18.1. The summed E-state index contributed by atoms with van der Waals surface area (Å²) in [6, 6.07) is -0.495. The van der Waals surface area contributed by atoms with Gasteiger partial charge in [0.25, 0.3) is 15.7 Å². The summed E-state index contributed by atoms with van der Waals surface area (Å²) in [5, 5.41) is 0. The van der Waals surface area contributed by atoms with Crippen LogP contribution in [0, 0.1) is 12.8 Å². The smallest absolute Gasteiger partial charge is 0.328 e. The molecule has 0 radical (unpaired) electrons. The number of carbonyl (C=O) groups is 1. The predicted octanol–water partition coefficient (Wildman–Crippen LogP) is -0.296. The van der Waals surface area contributed by atoms with E-state index >= 15 is 0 Å². The Bertz CT molecular complexity index is 839. The van der Waals surface area contributed by atoms with Crippen LogP contribution in [0.25, 0.3) is 0 Å². The van der Waals surface area contributed by atoms with Gasteiger partial charge >= 0.3 is 11.7 Å². The Balaban J connectivity index is 2.28. The Labute approximate surface area is 138 Å². The number of hydrogen-bond donors (Lipinski definition) is 1. The van der Waals surface area contributed by atoms with Crippen LogP contribution in [-0.2, 0) is 23.8 Å². The van der Waals surface area contributed by atoms with Crippen LogP contribution in [0.5, 0.6) is 0 Å². The summed E-state index contributed by atoms with van der Waals surface area (Å²) in [5.74, 6) is -0.697. The van der Waals surface area contributed by atoms with E-state index in [0.29, 0.717) is 18.4 Å². The number of H-pyrrole nitrogens is 1. The summed E-state index contributed by atoms with van der Waals surface area (Å²) >= 11 is 0. The second-order valence-electron chi connectivity index (χ2n) is 6.02. The van der Waals surface area contributed by atoms with E-state index in [2.05, 4.69) is 4.98 Å². The van der Waals surface area contributed by atoms with Crippen LogP contribution >= 0.6 is 0 Å². The zero-order valence-electron chi connectivity index (χ0n) is 13.6.